The second-order valence-electron chi connectivity index (χ2n) is 11.8. The smallest absolute Gasteiger partial charge is 0.330 e. The lowest BCUT2D eigenvalue weighted by molar-refractivity contribution is 0.392. The van der Waals surface area contributed by atoms with Gasteiger partial charge < -0.3 is 9.67 Å². The fourth-order valence-corrected chi connectivity index (χ4v) is 7.65. The minimum atomic E-state index is -3.91. The molecule has 0 unspecified atom stereocenters. The van der Waals surface area contributed by atoms with Crippen molar-refractivity contribution in [1.29, 1.82) is 0 Å². The molecule has 234 valence electrons. The van der Waals surface area contributed by atoms with Gasteiger partial charge in [-0.3, -0.25) is 0 Å². The summed E-state index contributed by atoms with van der Waals surface area (Å²) in [5.41, 5.74) is 7.08. The first-order valence-corrected chi connectivity index (χ1v) is 17.1. The lowest BCUT2D eigenvalue weighted by Crippen LogP contribution is -2.29. The molecular weight excluding hydrogens is 623 g/mol. The number of nitrogens with one attached hydrogen (secondary N) is 1. The normalized spacial score (nSPS) is 16.3. The van der Waals surface area contributed by atoms with Crippen molar-refractivity contribution in [3.63, 3.8) is 0 Å². The molecule has 7 rings (SSSR count). The Morgan fingerprint density at radius 1 is 0.870 bits per heavy atom. The Hall–Kier alpha value is -4.60. The average Bonchev–Trinajstić information content (AvgIpc) is 3.60. The number of aliphatic hydroxyl groups is 1. The number of hydrogen-bond donors (Lipinski definition) is 2. The molecule has 1 saturated carbocycles. The largest absolute Gasteiger partial charge is 0.493 e. The summed E-state index contributed by atoms with van der Waals surface area (Å²) in [6.45, 7) is 0. The van der Waals surface area contributed by atoms with E-state index in [0.29, 0.717) is 29.3 Å². The van der Waals surface area contributed by atoms with Crippen LogP contribution in [0.4, 0.5) is 10.1 Å². The number of halogens is 2. The molecule has 7 nitrogen and oxygen atoms in total. The van der Waals surface area contributed by atoms with E-state index in [4.69, 9.17) is 16.6 Å². The molecule has 0 bridgehead atoms. The first-order valence-electron chi connectivity index (χ1n) is 15.3. The third-order valence-electron chi connectivity index (χ3n) is 8.74. The monoisotopic (exact) mass is 654 g/mol. The Balaban J connectivity index is 1.17. The highest BCUT2D eigenvalue weighted by Gasteiger charge is 2.28. The molecule has 46 heavy (non-hydrogen) atoms. The summed E-state index contributed by atoms with van der Waals surface area (Å²) in [4.78, 5) is 4.91. The lowest BCUT2D eigenvalue weighted by Gasteiger charge is -2.22. The van der Waals surface area contributed by atoms with Crippen LogP contribution in [0.3, 0.4) is 0 Å². The molecule has 0 spiro atoms. The van der Waals surface area contributed by atoms with Crippen molar-refractivity contribution in [1.82, 2.24) is 14.3 Å². The summed E-state index contributed by atoms with van der Waals surface area (Å²) in [6, 6.07) is 28.5. The summed E-state index contributed by atoms with van der Waals surface area (Å²) in [6.07, 6.45) is 10.00. The summed E-state index contributed by atoms with van der Waals surface area (Å²) in [5.74, 6) is 0.513. The number of rotatable bonds is 7. The zero-order chi connectivity index (χ0) is 31.8. The van der Waals surface area contributed by atoms with E-state index < -0.39 is 21.9 Å². The van der Waals surface area contributed by atoms with Gasteiger partial charge in [0.05, 0.1) is 22.6 Å². The van der Waals surface area contributed by atoms with Gasteiger partial charge in [-0.1, -0.05) is 79.4 Å². The SMILES string of the molecule is O=S1(=O)NC(O)=CN1c1ccc(-n2cc(-c3ccc(F)cc3Cl)nc2Cc2ccc(-c3ccc(C4CCCCC4)cc3)cc2)cc1. The summed E-state index contributed by atoms with van der Waals surface area (Å²) in [5, 5.41) is 9.93. The van der Waals surface area contributed by atoms with E-state index in [0.717, 1.165) is 33.1 Å². The lowest BCUT2D eigenvalue weighted by atomic mass is 9.83. The van der Waals surface area contributed by atoms with Crippen LogP contribution in [-0.2, 0) is 16.6 Å². The zero-order valence-electron chi connectivity index (χ0n) is 24.9. The molecule has 1 fully saturated rings. The van der Waals surface area contributed by atoms with Gasteiger partial charge in [0.25, 0.3) is 0 Å². The van der Waals surface area contributed by atoms with Crippen molar-refractivity contribution in [2.24, 2.45) is 0 Å². The second kappa shape index (κ2) is 12.3. The molecule has 2 aliphatic rings. The maximum atomic E-state index is 13.8. The summed E-state index contributed by atoms with van der Waals surface area (Å²) in [7, 11) is -3.91. The number of benzene rings is 4. The van der Waals surface area contributed by atoms with Gasteiger partial charge >= 0.3 is 10.2 Å². The van der Waals surface area contributed by atoms with Crippen LogP contribution in [-0.4, -0.2) is 23.1 Å². The maximum Gasteiger partial charge on any atom is 0.330 e. The predicted molar refractivity (Wildman–Crippen MR) is 180 cm³/mol. The van der Waals surface area contributed by atoms with Crippen molar-refractivity contribution in [3.05, 3.63) is 137 Å². The molecule has 0 atom stereocenters. The Bertz CT molecular complexity index is 2020. The van der Waals surface area contributed by atoms with E-state index in [1.54, 1.807) is 30.3 Å². The van der Waals surface area contributed by atoms with Crippen LogP contribution in [0.15, 0.2) is 109 Å². The van der Waals surface area contributed by atoms with Gasteiger partial charge in [0.1, 0.15) is 11.6 Å². The molecule has 4 aromatic carbocycles. The van der Waals surface area contributed by atoms with E-state index in [1.807, 2.05) is 15.5 Å². The number of hydrogen-bond acceptors (Lipinski definition) is 4. The van der Waals surface area contributed by atoms with Crippen LogP contribution in [0.2, 0.25) is 5.02 Å². The molecule has 2 heterocycles. The van der Waals surface area contributed by atoms with Crippen LogP contribution >= 0.6 is 11.6 Å². The standard InChI is InChI=1S/C36H32ClFN4O3S/c37-33-21-29(38)14-19-32(33)34-22-41(30-15-17-31(18-16-30)42-23-36(43)40-46(42,44)45)35(39-34)20-24-6-8-26(9-7-24)28-12-10-27(11-13-28)25-4-2-1-3-5-25/h6-19,21-23,25,40,43H,1-5,20H2. The van der Waals surface area contributed by atoms with Gasteiger partial charge in [0, 0.05) is 23.9 Å². The van der Waals surface area contributed by atoms with Crippen molar-refractivity contribution in [2.75, 3.05) is 4.31 Å². The van der Waals surface area contributed by atoms with Crippen LogP contribution in [0.5, 0.6) is 0 Å². The number of nitrogens with zero attached hydrogens (tertiary/aromatic N) is 3. The first kappa shape index (κ1) is 30.1. The minimum Gasteiger partial charge on any atom is -0.493 e. The second-order valence-corrected chi connectivity index (χ2v) is 13.8. The predicted octanol–water partition coefficient (Wildman–Crippen LogP) is 8.65. The van der Waals surface area contributed by atoms with Crippen LogP contribution in [0.1, 0.15) is 55.0 Å². The number of aromatic nitrogens is 2. The van der Waals surface area contributed by atoms with Crippen molar-refractivity contribution >= 4 is 27.5 Å². The third-order valence-corrected chi connectivity index (χ3v) is 10.4. The Morgan fingerprint density at radius 2 is 1.52 bits per heavy atom. The van der Waals surface area contributed by atoms with Gasteiger partial charge in [0.15, 0.2) is 0 Å². The van der Waals surface area contributed by atoms with Crippen LogP contribution in [0, 0.1) is 5.82 Å². The van der Waals surface area contributed by atoms with Crippen molar-refractivity contribution in [3.8, 4) is 28.1 Å². The number of anilines is 1. The molecule has 10 heteroatoms. The summed E-state index contributed by atoms with van der Waals surface area (Å²) < 4.78 is 43.4. The molecule has 2 N–H and O–H groups in total. The van der Waals surface area contributed by atoms with Gasteiger partial charge in [0.2, 0.25) is 5.88 Å². The quantitative estimate of drug-likeness (QED) is 0.184. The van der Waals surface area contributed by atoms with Crippen molar-refractivity contribution in [2.45, 2.75) is 44.4 Å². The molecule has 0 saturated heterocycles. The fourth-order valence-electron chi connectivity index (χ4n) is 6.34. The van der Waals surface area contributed by atoms with E-state index in [9.17, 15) is 17.9 Å². The molecule has 5 aromatic rings. The molecule has 1 aliphatic heterocycles. The fraction of sp³-hybridized carbons (Fsp3) is 0.194. The highest BCUT2D eigenvalue weighted by molar-refractivity contribution is 7.91. The van der Waals surface area contributed by atoms with Gasteiger partial charge in [-0.25, -0.2) is 18.4 Å². The Kier molecular flexibility index (Phi) is 8.04. The Labute approximate surface area is 272 Å². The third kappa shape index (κ3) is 6.12. The molecule has 1 aromatic heterocycles. The summed E-state index contributed by atoms with van der Waals surface area (Å²) >= 11 is 6.41. The van der Waals surface area contributed by atoms with Gasteiger partial charge in [-0.2, -0.15) is 8.42 Å². The highest BCUT2D eigenvalue weighted by atomic mass is 35.5. The molecule has 1 aliphatic carbocycles. The van der Waals surface area contributed by atoms with Crippen LogP contribution < -0.4 is 9.03 Å². The topological polar surface area (TPSA) is 87.5 Å². The van der Waals surface area contributed by atoms with Gasteiger partial charge in [-0.15, -0.1) is 0 Å². The highest BCUT2D eigenvalue weighted by Crippen LogP contribution is 2.34. The number of aliphatic hydroxyl groups excluding tert-OH is 1. The van der Waals surface area contributed by atoms with Crippen molar-refractivity contribution < 1.29 is 17.9 Å². The molecule has 0 radical (unpaired) electrons. The molecule has 0 amide bonds. The van der Waals surface area contributed by atoms with E-state index in [-0.39, 0.29) is 5.02 Å². The van der Waals surface area contributed by atoms with Gasteiger partial charge in [-0.05, 0) is 83.5 Å². The number of imidazole rings is 1. The van der Waals surface area contributed by atoms with E-state index in [1.165, 1.54) is 55.4 Å². The van der Waals surface area contributed by atoms with Crippen LogP contribution in [0.25, 0.3) is 28.1 Å². The maximum absolute atomic E-state index is 13.8. The minimum absolute atomic E-state index is 0.253. The zero-order valence-corrected chi connectivity index (χ0v) is 26.5. The van der Waals surface area contributed by atoms with E-state index >= 15 is 0 Å². The molecular formula is C36H32ClFN4O3S. The average molecular weight is 655 g/mol. The first-order chi connectivity index (χ1) is 22.2. The Morgan fingerprint density at radius 3 is 2.15 bits per heavy atom. The van der Waals surface area contributed by atoms with E-state index in [2.05, 4.69) is 48.5 Å².